The fourth-order valence-electron chi connectivity index (χ4n) is 3.28. The van der Waals surface area contributed by atoms with E-state index in [9.17, 15) is 0 Å². The molecule has 3 heterocycles. The molecule has 1 unspecified atom stereocenters. The van der Waals surface area contributed by atoms with Gasteiger partial charge in [-0.25, -0.2) is 0 Å². The number of aromatic nitrogens is 1. The van der Waals surface area contributed by atoms with Gasteiger partial charge < -0.3 is 9.84 Å². The number of hydrogen-bond donors (Lipinski definition) is 1. The van der Waals surface area contributed by atoms with Gasteiger partial charge >= 0.3 is 0 Å². The highest BCUT2D eigenvalue weighted by atomic mass is 16.5. The smallest absolute Gasteiger partial charge is 0.151 e. The topological polar surface area (TPSA) is 44.5 Å². The van der Waals surface area contributed by atoms with Gasteiger partial charge in [0.25, 0.3) is 0 Å². The summed E-state index contributed by atoms with van der Waals surface area (Å²) in [5, 5.41) is 7.16. The Kier molecular flexibility index (Phi) is 4.15. The molecule has 5 nitrogen and oxygen atoms in total. The molecule has 0 aliphatic carbocycles. The molecular weight excluding hydrogens is 240 g/mol. The molecule has 19 heavy (non-hydrogen) atoms. The average Bonchev–Trinajstić information content (AvgIpc) is 3.10. The lowest BCUT2D eigenvalue weighted by Crippen LogP contribution is -2.35. The molecule has 0 aromatic carbocycles. The van der Waals surface area contributed by atoms with Gasteiger partial charge in [-0.15, -0.1) is 0 Å². The SMILES string of the molecule is CNCc1cc(CN2CCC(N3CCCC3)C2)on1. The second-order valence-electron chi connectivity index (χ2n) is 5.74. The van der Waals surface area contributed by atoms with E-state index in [4.69, 9.17) is 4.52 Å². The molecule has 0 bridgehead atoms. The van der Waals surface area contributed by atoms with Gasteiger partial charge in [-0.05, 0) is 39.4 Å². The summed E-state index contributed by atoms with van der Waals surface area (Å²) in [4.78, 5) is 5.15. The van der Waals surface area contributed by atoms with Crippen LogP contribution in [0.5, 0.6) is 0 Å². The van der Waals surface area contributed by atoms with Gasteiger partial charge in [-0.2, -0.15) is 0 Å². The first-order valence-electron chi connectivity index (χ1n) is 7.40. The molecule has 2 fully saturated rings. The third-order valence-corrected chi connectivity index (χ3v) is 4.25. The Labute approximate surface area is 114 Å². The molecule has 106 valence electrons. The number of likely N-dealkylation sites (tertiary alicyclic amines) is 2. The Morgan fingerprint density at radius 3 is 3.00 bits per heavy atom. The summed E-state index contributed by atoms with van der Waals surface area (Å²) in [6.07, 6.45) is 4.06. The molecule has 0 amide bonds. The van der Waals surface area contributed by atoms with E-state index in [1.165, 1.54) is 45.4 Å². The number of nitrogens with zero attached hydrogens (tertiary/aromatic N) is 3. The Hall–Kier alpha value is -0.910. The first-order chi connectivity index (χ1) is 9.35. The van der Waals surface area contributed by atoms with Gasteiger partial charge in [0.05, 0.1) is 12.2 Å². The fourth-order valence-corrected chi connectivity index (χ4v) is 3.28. The van der Waals surface area contributed by atoms with Crippen molar-refractivity contribution in [3.05, 3.63) is 17.5 Å². The lowest BCUT2D eigenvalue weighted by Gasteiger charge is -2.23. The maximum absolute atomic E-state index is 5.39. The van der Waals surface area contributed by atoms with Gasteiger partial charge in [-0.1, -0.05) is 5.16 Å². The summed E-state index contributed by atoms with van der Waals surface area (Å²) in [7, 11) is 1.93. The number of hydrogen-bond acceptors (Lipinski definition) is 5. The normalized spacial score (nSPS) is 25.4. The number of nitrogens with one attached hydrogen (secondary N) is 1. The summed E-state index contributed by atoms with van der Waals surface area (Å²) in [5.74, 6) is 0.993. The van der Waals surface area contributed by atoms with E-state index in [-0.39, 0.29) is 0 Å². The Balaban J connectivity index is 1.50. The van der Waals surface area contributed by atoms with E-state index in [1.807, 2.05) is 7.05 Å². The van der Waals surface area contributed by atoms with Gasteiger partial charge in [0.1, 0.15) is 0 Å². The molecule has 0 radical (unpaired) electrons. The van der Waals surface area contributed by atoms with Crippen LogP contribution in [-0.2, 0) is 13.1 Å². The van der Waals surface area contributed by atoms with Crippen LogP contribution in [0.25, 0.3) is 0 Å². The van der Waals surface area contributed by atoms with E-state index in [0.717, 1.165) is 30.6 Å². The predicted molar refractivity (Wildman–Crippen MR) is 73.8 cm³/mol. The van der Waals surface area contributed by atoms with Crippen molar-refractivity contribution in [2.45, 2.75) is 38.4 Å². The van der Waals surface area contributed by atoms with Gasteiger partial charge in [0.15, 0.2) is 5.76 Å². The monoisotopic (exact) mass is 264 g/mol. The molecule has 1 atom stereocenters. The zero-order chi connectivity index (χ0) is 13.1. The molecule has 2 aliphatic heterocycles. The Morgan fingerprint density at radius 2 is 2.21 bits per heavy atom. The molecule has 1 N–H and O–H groups in total. The van der Waals surface area contributed by atoms with Gasteiger partial charge in [-0.3, -0.25) is 9.80 Å². The fraction of sp³-hybridized carbons (Fsp3) is 0.786. The zero-order valence-corrected chi connectivity index (χ0v) is 11.8. The van der Waals surface area contributed by atoms with Crippen molar-refractivity contribution in [1.82, 2.24) is 20.3 Å². The van der Waals surface area contributed by atoms with Crippen LogP contribution in [-0.4, -0.2) is 54.2 Å². The van der Waals surface area contributed by atoms with Gasteiger partial charge in [0, 0.05) is 31.7 Å². The lowest BCUT2D eigenvalue weighted by atomic mass is 10.2. The standard InChI is InChI=1S/C14H24N4O/c1-15-9-12-8-14(19-16-12)11-17-7-4-13(10-17)18-5-2-3-6-18/h8,13,15H,2-7,9-11H2,1H3. The van der Waals surface area contributed by atoms with Crippen LogP contribution in [0, 0.1) is 0 Å². The predicted octanol–water partition coefficient (Wildman–Crippen LogP) is 1.06. The third kappa shape index (κ3) is 3.16. The second kappa shape index (κ2) is 6.03. The summed E-state index contributed by atoms with van der Waals surface area (Å²) in [6, 6.07) is 2.84. The lowest BCUT2D eigenvalue weighted by molar-refractivity contribution is 0.219. The Bertz CT molecular complexity index is 400. The molecule has 2 saturated heterocycles. The summed E-state index contributed by atoms with van der Waals surface area (Å²) < 4.78 is 5.39. The molecule has 1 aromatic rings. The van der Waals surface area contributed by atoms with Crippen LogP contribution < -0.4 is 5.32 Å². The molecule has 2 aliphatic rings. The molecular formula is C14H24N4O. The highest BCUT2D eigenvalue weighted by molar-refractivity contribution is 5.05. The van der Waals surface area contributed by atoms with Crippen molar-refractivity contribution in [2.75, 3.05) is 33.2 Å². The molecule has 5 heteroatoms. The maximum Gasteiger partial charge on any atom is 0.151 e. The minimum atomic E-state index is 0.766. The van der Waals surface area contributed by atoms with Crippen molar-refractivity contribution in [2.24, 2.45) is 0 Å². The van der Waals surface area contributed by atoms with Crippen LogP contribution in [0.15, 0.2) is 10.6 Å². The van der Waals surface area contributed by atoms with Gasteiger partial charge in [0.2, 0.25) is 0 Å². The summed E-state index contributed by atoms with van der Waals surface area (Å²) in [5.41, 5.74) is 0.993. The highest BCUT2D eigenvalue weighted by Crippen LogP contribution is 2.21. The molecule has 1 aromatic heterocycles. The molecule has 0 saturated carbocycles. The molecule has 3 rings (SSSR count). The van der Waals surface area contributed by atoms with Crippen molar-refractivity contribution < 1.29 is 4.52 Å². The van der Waals surface area contributed by atoms with Crippen molar-refractivity contribution in [3.8, 4) is 0 Å². The van der Waals surface area contributed by atoms with Crippen molar-refractivity contribution >= 4 is 0 Å². The quantitative estimate of drug-likeness (QED) is 0.861. The highest BCUT2D eigenvalue weighted by Gasteiger charge is 2.29. The summed E-state index contributed by atoms with van der Waals surface area (Å²) >= 11 is 0. The zero-order valence-electron chi connectivity index (χ0n) is 11.8. The minimum Gasteiger partial charge on any atom is -0.360 e. The Morgan fingerprint density at radius 1 is 1.37 bits per heavy atom. The van der Waals surface area contributed by atoms with E-state index in [1.54, 1.807) is 0 Å². The van der Waals surface area contributed by atoms with Crippen molar-refractivity contribution in [1.29, 1.82) is 0 Å². The van der Waals surface area contributed by atoms with Crippen LogP contribution in [0.4, 0.5) is 0 Å². The van der Waals surface area contributed by atoms with E-state index < -0.39 is 0 Å². The maximum atomic E-state index is 5.39. The van der Waals surface area contributed by atoms with Crippen LogP contribution in [0.3, 0.4) is 0 Å². The van der Waals surface area contributed by atoms with Crippen LogP contribution in [0.2, 0.25) is 0 Å². The molecule has 0 spiro atoms. The van der Waals surface area contributed by atoms with Crippen LogP contribution >= 0.6 is 0 Å². The van der Waals surface area contributed by atoms with Crippen LogP contribution in [0.1, 0.15) is 30.7 Å². The third-order valence-electron chi connectivity index (χ3n) is 4.25. The first-order valence-corrected chi connectivity index (χ1v) is 7.40. The minimum absolute atomic E-state index is 0.766. The number of rotatable bonds is 5. The van der Waals surface area contributed by atoms with E-state index in [2.05, 4.69) is 26.3 Å². The van der Waals surface area contributed by atoms with Crippen molar-refractivity contribution in [3.63, 3.8) is 0 Å². The first kappa shape index (κ1) is 13.1. The van der Waals surface area contributed by atoms with E-state index in [0.29, 0.717) is 0 Å². The van der Waals surface area contributed by atoms with E-state index >= 15 is 0 Å². The average molecular weight is 264 g/mol. The largest absolute Gasteiger partial charge is 0.360 e. The summed E-state index contributed by atoms with van der Waals surface area (Å²) in [6.45, 7) is 6.65. The second-order valence-corrected chi connectivity index (χ2v) is 5.74.